The Bertz CT molecular complexity index is 605. The van der Waals surface area contributed by atoms with Gasteiger partial charge in [0.25, 0.3) is 5.91 Å². The van der Waals surface area contributed by atoms with Crippen molar-refractivity contribution in [2.24, 2.45) is 12.5 Å². The summed E-state index contributed by atoms with van der Waals surface area (Å²) in [5.74, 6) is 0.405. The summed E-state index contributed by atoms with van der Waals surface area (Å²) in [6.45, 7) is 7.06. The molecule has 0 aliphatic carbocycles. The van der Waals surface area contributed by atoms with Gasteiger partial charge < -0.3 is 14.4 Å². The molecular weight excluding hydrogens is 322 g/mol. The lowest BCUT2D eigenvalue weighted by molar-refractivity contribution is 0.00522. The number of morpholine rings is 1. The fraction of sp³-hybridized carbons (Fsp3) is 0.824. The van der Waals surface area contributed by atoms with Crippen LogP contribution in [0, 0.1) is 5.41 Å². The van der Waals surface area contributed by atoms with E-state index in [-0.39, 0.29) is 11.3 Å². The van der Waals surface area contributed by atoms with Crippen molar-refractivity contribution in [3.63, 3.8) is 0 Å². The normalized spacial score (nSPS) is 27.1. The number of aryl methyl sites for hydroxylation is 1. The zero-order valence-corrected chi connectivity index (χ0v) is 14.9. The topological polar surface area (TPSA) is 72.7 Å². The Morgan fingerprint density at radius 1 is 1.28 bits per heavy atom. The lowest BCUT2D eigenvalue weighted by atomic mass is 9.76. The fourth-order valence-corrected chi connectivity index (χ4v) is 4.25. The lowest BCUT2D eigenvalue weighted by Gasteiger charge is -2.38. The molecule has 1 spiro atoms. The second kappa shape index (κ2) is 7.01. The SMILES string of the molecule is Cn1ncnc1C(=O)N1CCC2(CC1)CO[C@H](CN1CCOCC1)C2. The number of aromatic nitrogens is 3. The van der Waals surface area contributed by atoms with Crippen molar-refractivity contribution in [1.29, 1.82) is 0 Å². The fourth-order valence-electron chi connectivity index (χ4n) is 4.25. The molecule has 25 heavy (non-hydrogen) atoms. The number of likely N-dealkylation sites (tertiary alicyclic amines) is 1. The Hall–Kier alpha value is -1.51. The molecule has 3 saturated heterocycles. The second-order valence-corrected chi connectivity index (χ2v) is 7.55. The molecule has 138 valence electrons. The van der Waals surface area contributed by atoms with Crippen molar-refractivity contribution in [3.8, 4) is 0 Å². The van der Waals surface area contributed by atoms with Crippen LogP contribution in [-0.4, -0.2) is 89.1 Å². The summed E-state index contributed by atoms with van der Waals surface area (Å²) in [4.78, 5) is 21.0. The monoisotopic (exact) mass is 349 g/mol. The molecule has 3 aliphatic rings. The second-order valence-electron chi connectivity index (χ2n) is 7.55. The van der Waals surface area contributed by atoms with Crippen LogP contribution in [0.2, 0.25) is 0 Å². The minimum atomic E-state index is -0.0152. The molecule has 1 aromatic heterocycles. The smallest absolute Gasteiger partial charge is 0.291 e. The van der Waals surface area contributed by atoms with Gasteiger partial charge in [-0.15, -0.1) is 0 Å². The first-order valence-electron chi connectivity index (χ1n) is 9.20. The van der Waals surface area contributed by atoms with Crippen LogP contribution in [0.3, 0.4) is 0 Å². The average molecular weight is 349 g/mol. The van der Waals surface area contributed by atoms with Gasteiger partial charge in [-0.2, -0.15) is 5.10 Å². The van der Waals surface area contributed by atoms with E-state index in [0.29, 0.717) is 11.9 Å². The van der Waals surface area contributed by atoms with E-state index in [1.54, 1.807) is 11.7 Å². The maximum absolute atomic E-state index is 12.6. The highest BCUT2D eigenvalue weighted by atomic mass is 16.5. The number of piperidine rings is 1. The Kier molecular flexibility index (Phi) is 4.75. The molecule has 0 bridgehead atoms. The molecule has 0 saturated carbocycles. The highest BCUT2D eigenvalue weighted by molar-refractivity contribution is 5.90. The molecular formula is C17H27N5O3. The molecule has 0 radical (unpaired) electrons. The van der Waals surface area contributed by atoms with Crippen molar-refractivity contribution in [3.05, 3.63) is 12.2 Å². The molecule has 4 rings (SSSR count). The highest BCUT2D eigenvalue weighted by Gasteiger charge is 2.43. The molecule has 4 heterocycles. The van der Waals surface area contributed by atoms with Gasteiger partial charge in [0.15, 0.2) is 0 Å². The third kappa shape index (κ3) is 3.56. The van der Waals surface area contributed by atoms with Crippen molar-refractivity contribution >= 4 is 5.91 Å². The van der Waals surface area contributed by atoms with Crippen LogP contribution in [-0.2, 0) is 16.5 Å². The molecule has 0 N–H and O–H groups in total. The third-order valence-corrected chi connectivity index (χ3v) is 5.87. The van der Waals surface area contributed by atoms with Gasteiger partial charge >= 0.3 is 0 Å². The van der Waals surface area contributed by atoms with Crippen molar-refractivity contribution in [2.75, 3.05) is 52.5 Å². The molecule has 3 fully saturated rings. The van der Waals surface area contributed by atoms with Gasteiger partial charge in [0.2, 0.25) is 5.82 Å². The Morgan fingerprint density at radius 3 is 2.72 bits per heavy atom. The van der Waals surface area contributed by atoms with Crippen LogP contribution < -0.4 is 0 Å². The first-order valence-corrected chi connectivity index (χ1v) is 9.20. The Morgan fingerprint density at radius 2 is 2.04 bits per heavy atom. The summed E-state index contributed by atoms with van der Waals surface area (Å²) in [6, 6.07) is 0. The Balaban J connectivity index is 1.29. The van der Waals surface area contributed by atoms with Crippen LogP contribution in [0.25, 0.3) is 0 Å². The first kappa shape index (κ1) is 16.9. The van der Waals surface area contributed by atoms with Gasteiger partial charge in [0, 0.05) is 39.8 Å². The van der Waals surface area contributed by atoms with E-state index < -0.39 is 0 Å². The van der Waals surface area contributed by atoms with Crippen LogP contribution >= 0.6 is 0 Å². The summed E-state index contributed by atoms with van der Waals surface area (Å²) < 4.78 is 13.1. The first-order chi connectivity index (χ1) is 12.2. The van der Waals surface area contributed by atoms with Gasteiger partial charge in [-0.05, 0) is 24.7 Å². The number of amides is 1. The van der Waals surface area contributed by atoms with E-state index in [1.807, 2.05) is 4.90 Å². The van der Waals surface area contributed by atoms with Crippen LogP contribution in [0.4, 0.5) is 0 Å². The van der Waals surface area contributed by atoms with Crippen LogP contribution in [0.15, 0.2) is 6.33 Å². The standard InChI is InChI=1S/C17H27N5O3/c1-20-15(18-13-19-20)16(23)22-4-2-17(3-5-22)10-14(25-12-17)11-21-6-8-24-9-7-21/h13-14H,2-12H2,1H3/t14-/m0/s1. The largest absolute Gasteiger partial charge is 0.379 e. The van der Waals surface area contributed by atoms with Crippen LogP contribution in [0.1, 0.15) is 29.9 Å². The van der Waals surface area contributed by atoms with Gasteiger partial charge in [0.05, 0.1) is 25.9 Å². The van der Waals surface area contributed by atoms with Gasteiger partial charge in [-0.3, -0.25) is 9.69 Å². The van der Waals surface area contributed by atoms with Crippen molar-refractivity contribution < 1.29 is 14.3 Å². The maximum Gasteiger partial charge on any atom is 0.291 e. The quantitative estimate of drug-likeness (QED) is 0.774. The number of hydrogen-bond acceptors (Lipinski definition) is 6. The molecule has 0 unspecified atom stereocenters. The number of hydrogen-bond donors (Lipinski definition) is 0. The average Bonchev–Trinajstić information content (AvgIpc) is 3.23. The summed E-state index contributed by atoms with van der Waals surface area (Å²) >= 11 is 0. The van der Waals surface area contributed by atoms with E-state index in [2.05, 4.69) is 15.0 Å². The number of carbonyl (C=O) groups is 1. The minimum Gasteiger partial charge on any atom is -0.379 e. The third-order valence-electron chi connectivity index (χ3n) is 5.87. The van der Waals surface area contributed by atoms with E-state index >= 15 is 0 Å². The van der Waals surface area contributed by atoms with Gasteiger partial charge in [-0.25, -0.2) is 9.67 Å². The summed E-state index contributed by atoms with van der Waals surface area (Å²) in [7, 11) is 1.76. The molecule has 0 aromatic carbocycles. The number of ether oxygens (including phenoxy) is 2. The van der Waals surface area contributed by atoms with E-state index in [9.17, 15) is 4.79 Å². The summed E-state index contributed by atoms with van der Waals surface area (Å²) in [6.07, 6.45) is 4.88. The molecule has 1 atom stereocenters. The van der Waals surface area contributed by atoms with Crippen molar-refractivity contribution in [2.45, 2.75) is 25.4 Å². The molecule has 1 amide bonds. The number of nitrogens with zero attached hydrogens (tertiary/aromatic N) is 5. The minimum absolute atomic E-state index is 0.0152. The predicted molar refractivity (Wildman–Crippen MR) is 90.2 cm³/mol. The van der Waals surface area contributed by atoms with E-state index in [4.69, 9.17) is 9.47 Å². The van der Waals surface area contributed by atoms with Crippen molar-refractivity contribution in [1.82, 2.24) is 24.6 Å². The maximum atomic E-state index is 12.6. The molecule has 8 heteroatoms. The predicted octanol–water partition coefficient (Wildman–Crippen LogP) is 0.159. The molecule has 8 nitrogen and oxygen atoms in total. The van der Waals surface area contributed by atoms with E-state index in [1.165, 1.54) is 6.33 Å². The van der Waals surface area contributed by atoms with Gasteiger partial charge in [-0.1, -0.05) is 0 Å². The summed E-state index contributed by atoms with van der Waals surface area (Å²) in [5, 5.41) is 3.99. The molecule has 3 aliphatic heterocycles. The van der Waals surface area contributed by atoms with Crippen LogP contribution in [0.5, 0.6) is 0 Å². The molecule has 1 aromatic rings. The summed E-state index contributed by atoms with van der Waals surface area (Å²) in [5.41, 5.74) is 0.244. The van der Waals surface area contributed by atoms with E-state index in [0.717, 1.165) is 71.8 Å². The number of rotatable bonds is 3. The zero-order chi connectivity index (χ0) is 17.3. The van der Waals surface area contributed by atoms with Gasteiger partial charge in [0.1, 0.15) is 6.33 Å². The zero-order valence-electron chi connectivity index (χ0n) is 14.9. The number of carbonyl (C=O) groups excluding carboxylic acids is 1. The highest BCUT2D eigenvalue weighted by Crippen LogP contribution is 2.42. The Labute approximate surface area is 148 Å². The lowest BCUT2D eigenvalue weighted by Crippen LogP contribution is -2.44.